The minimum Gasteiger partial charge on any atom is -0.358 e. The third-order valence-electron chi connectivity index (χ3n) is 11.7. The normalized spacial score (nSPS) is 34.1. The van der Waals surface area contributed by atoms with Gasteiger partial charge in [0.1, 0.15) is 0 Å². The van der Waals surface area contributed by atoms with Crippen LogP contribution in [0.2, 0.25) is 11.1 Å². The number of benzene rings is 2. The van der Waals surface area contributed by atoms with E-state index >= 15 is 0 Å². The number of hydrogen-bond donors (Lipinski definition) is 0. The Morgan fingerprint density at radius 2 is 1.33 bits per heavy atom. The Bertz CT molecular complexity index is 1000. The van der Waals surface area contributed by atoms with Gasteiger partial charge in [0, 0.05) is 4.83 Å². The van der Waals surface area contributed by atoms with Crippen LogP contribution in [0.1, 0.15) is 84.5 Å². The van der Waals surface area contributed by atoms with Crippen LogP contribution in [-0.2, 0) is 26.2 Å². The van der Waals surface area contributed by atoms with E-state index in [1.807, 2.05) is 10.4 Å². The largest absolute Gasteiger partial charge is 4.00 e. The second-order valence-corrected chi connectivity index (χ2v) is 24.1. The summed E-state index contributed by atoms with van der Waals surface area (Å²) in [6.45, 7) is 5.07. The molecule has 4 saturated carbocycles. The predicted octanol–water partition coefficient (Wildman–Crippen LogP) is 9.72. The van der Waals surface area contributed by atoms with Crippen molar-refractivity contribution >= 4 is 42.9 Å². The molecule has 4 aliphatic carbocycles. The number of alkyl halides is 1. The molecule has 0 bridgehead atoms. The van der Waals surface area contributed by atoms with E-state index < -0.39 is 16.6 Å². The first-order valence-corrected chi connectivity index (χ1v) is 22.0. The summed E-state index contributed by atoms with van der Waals surface area (Å²) in [4.78, 5) is 0.790. The van der Waals surface area contributed by atoms with Gasteiger partial charge in [0.05, 0.1) is 16.6 Å². The first kappa shape index (κ1) is 40.3. The molecule has 11 atom stereocenters. The maximum Gasteiger partial charge on any atom is 4.00 e. The standard InChI is InChI=1S/C34H49BrSi2.4CH3.Zr/c1-3-4-12-25-19-20-29(22-25)36(27-14-7-5-8-15-27)37(28-16-9-6-10-17-28)34-24(2)21-31-32(34)23-26-13-11-18-30(26)33(31)35;;;;;/h5-10,14-17,24-26,29-34,36-37H,3-4,11-13,18-23H2,1-2H3;4*1H3;/q;4*-1;+4. The molecule has 0 heterocycles. The Labute approximate surface area is 293 Å². The molecule has 0 radical (unpaired) electrons. The predicted molar refractivity (Wildman–Crippen MR) is 195 cm³/mol. The molecule has 232 valence electrons. The summed E-state index contributed by atoms with van der Waals surface area (Å²) >= 11 is 4.37. The van der Waals surface area contributed by atoms with E-state index in [4.69, 9.17) is 0 Å². The second-order valence-electron chi connectivity index (χ2n) is 13.6. The Morgan fingerprint density at radius 1 is 0.714 bits per heavy atom. The van der Waals surface area contributed by atoms with E-state index in [0.29, 0.717) is 0 Å². The van der Waals surface area contributed by atoms with E-state index in [1.165, 1.54) is 57.8 Å². The number of rotatable bonds is 8. The molecule has 4 aliphatic rings. The summed E-state index contributed by atoms with van der Waals surface area (Å²) in [7, 11) is -2.34. The van der Waals surface area contributed by atoms with Crippen LogP contribution < -0.4 is 10.4 Å². The zero-order chi connectivity index (χ0) is 25.4. The van der Waals surface area contributed by atoms with Crippen molar-refractivity contribution in [2.24, 2.45) is 35.5 Å². The molecule has 0 N–H and O–H groups in total. The maximum atomic E-state index is 4.37. The fraction of sp³-hybridized carbons (Fsp3) is 0.579. The third-order valence-corrected chi connectivity index (χ3v) is 27.3. The minimum atomic E-state index is -1.19. The smallest absolute Gasteiger partial charge is 0.358 e. The molecule has 0 aliphatic heterocycles. The average Bonchev–Trinajstić information content (AvgIpc) is 3.67. The molecule has 2 aromatic rings. The van der Waals surface area contributed by atoms with Gasteiger partial charge in [0.2, 0.25) is 0 Å². The van der Waals surface area contributed by atoms with Crippen LogP contribution in [-0.4, -0.2) is 21.5 Å². The molecule has 4 heteroatoms. The van der Waals surface area contributed by atoms with Crippen molar-refractivity contribution < 1.29 is 26.2 Å². The van der Waals surface area contributed by atoms with Crippen molar-refractivity contribution in [3.8, 4) is 0 Å². The maximum absolute atomic E-state index is 4.37. The molecule has 0 amide bonds. The second kappa shape index (κ2) is 18.4. The van der Waals surface area contributed by atoms with Crippen molar-refractivity contribution in [3.63, 3.8) is 0 Å². The van der Waals surface area contributed by atoms with Crippen LogP contribution in [0.5, 0.6) is 0 Å². The molecule has 4 fully saturated rings. The van der Waals surface area contributed by atoms with Crippen LogP contribution in [0.15, 0.2) is 60.7 Å². The molecular weight excluding hydrogens is 684 g/mol. The first-order chi connectivity index (χ1) is 18.2. The van der Waals surface area contributed by atoms with Gasteiger partial charge in [0.25, 0.3) is 0 Å². The van der Waals surface area contributed by atoms with Crippen molar-refractivity contribution in [2.45, 2.75) is 100 Å². The van der Waals surface area contributed by atoms with E-state index in [0.717, 1.165) is 51.4 Å². The third kappa shape index (κ3) is 8.14. The Morgan fingerprint density at radius 3 is 1.95 bits per heavy atom. The summed E-state index contributed by atoms with van der Waals surface area (Å²) in [5.41, 5.74) is 2.02. The number of hydrogen-bond acceptors (Lipinski definition) is 0. The fourth-order valence-corrected chi connectivity index (χ4v) is 28.9. The summed E-state index contributed by atoms with van der Waals surface area (Å²) in [6.07, 6.45) is 16.4. The van der Waals surface area contributed by atoms with Gasteiger partial charge >= 0.3 is 26.2 Å². The van der Waals surface area contributed by atoms with Crippen LogP contribution in [0, 0.1) is 65.2 Å². The SMILES string of the molecule is CCCCC1CCC([SiH](c2ccccc2)[SiH](c2ccccc2)C2C(C)CC3C(Br)C4CCCC4CC32)C1.[CH3-].[CH3-].[CH3-].[CH3-].[Zr+4]. The van der Waals surface area contributed by atoms with Gasteiger partial charge in [-0.15, -0.1) is 0 Å². The Hall–Kier alpha value is 0.237. The number of halogens is 1. The molecule has 0 nitrogen and oxygen atoms in total. The van der Waals surface area contributed by atoms with Crippen LogP contribution >= 0.6 is 15.9 Å². The molecule has 11 unspecified atom stereocenters. The Kier molecular flexibility index (Phi) is 17.6. The van der Waals surface area contributed by atoms with Crippen LogP contribution in [0.25, 0.3) is 0 Å². The van der Waals surface area contributed by atoms with Gasteiger partial charge in [-0.25, -0.2) is 0 Å². The summed E-state index contributed by atoms with van der Waals surface area (Å²) in [6, 6.07) is 24.4. The van der Waals surface area contributed by atoms with Crippen LogP contribution in [0.3, 0.4) is 0 Å². The van der Waals surface area contributed by atoms with E-state index in [2.05, 4.69) is 90.4 Å². The van der Waals surface area contributed by atoms with Crippen LogP contribution in [0.4, 0.5) is 0 Å². The van der Waals surface area contributed by atoms with Gasteiger partial charge in [-0.3, -0.25) is 0 Å². The monoisotopic (exact) mass is 742 g/mol. The van der Waals surface area contributed by atoms with Crippen molar-refractivity contribution in [2.75, 3.05) is 0 Å². The van der Waals surface area contributed by atoms with Crippen molar-refractivity contribution in [1.82, 2.24) is 0 Å². The Balaban J connectivity index is 0.00000176. The molecule has 42 heavy (non-hydrogen) atoms. The number of unbranched alkanes of at least 4 members (excludes halogenated alkanes) is 1. The summed E-state index contributed by atoms with van der Waals surface area (Å²) < 4.78 is 0. The van der Waals surface area contributed by atoms with E-state index in [1.54, 1.807) is 12.8 Å². The quantitative estimate of drug-likeness (QED) is 0.144. The molecular formula is C38H61BrSi2Zr. The molecule has 0 spiro atoms. The van der Waals surface area contributed by atoms with Gasteiger partial charge in [-0.1, -0.05) is 152 Å². The summed E-state index contributed by atoms with van der Waals surface area (Å²) in [5.74, 6) is 5.80. The first-order valence-electron chi connectivity index (χ1n) is 15.9. The zero-order valence-electron chi connectivity index (χ0n) is 27.8. The van der Waals surface area contributed by atoms with Crippen molar-refractivity contribution in [1.29, 1.82) is 0 Å². The van der Waals surface area contributed by atoms with E-state index in [-0.39, 0.29) is 55.9 Å². The average molecular weight is 745 g/mol. The van der Waals surface area contributed by atoms with Gasteiger partial charge in [-0.05, 0) is 65.9 Å². The topological polar surface area (TPSA) is 0 Å². The van der Waals surface area contributed by atoms with Gasteiger partial charge < -0.3 is 29.7 Å². The van der Waals surface area contributed by atoms with Gasteiger partial charge in [-0.2, -0.15) is 0 Å². The molecule has 0 aromatic heterocycles. The number of fused-ring (bicyclic) bond motifs is 2. The fourth-order valence-electron chi connectivity index (χ4n) is 10.2. The molecule has 6 rings (SSSR count). The van der Waals surface area contributed by atoms with Crippen molar-refractivity contribution in [3.05, 3.63) is 90.4 Å². The summed E-state index contributed by atoms with van der Waals surface area (Å²) in [5, 5.41) is 3.65. The van der Waals surface area contributed by atoms with Gasteiger partial charge in [0.15, 0.2) is 0 Å². The zero-order valence-corrected chi connectivity index (χ0v) is 34.1. The minimum absolute atomic E-state index is 0. The van der Waals surface area contributed by atoms with E-state index in [9.17, 15) is 0 Å². The molecule has 0 saturated heterocycles. The molecule has 2 aromatic carbocycles.